The molecule has 8 heteroatoms. The highest BCUT2D eigenvalue weighted by atomic mass is 32.2. The number of hydrogen-bond donors (Lipinski definition) is 1. The Morgan fingerprint density at radius 1 is 1.46 bits per heavy atom. The molecule has 1 amide bonds. The predicted octanol–water partition coefficient (Wildman–Crippen LogP) is 3.29. The molecule has 2 rings (SSSR count). The van der Waals surface area contributed by atoms with Gasteiger partial charge in [0.1, 0.15) is 11.3 Å². The van der Waals surface area contributed by atoms with Crippen LogP contribution in [0.15, 0.2) is 42.1 Å². The van der Waals surface area contributed by atoms with E-state index in [4.69, 9.17) is 4.74 Å². The van der Waals surface area contributed by atoms with Gasteiger partial charge in [0.05, 0.1) is 24.5 Å². The van der Waals surface area contributed by atoms with E-state index in [0.29, 0.717) is 23.3 Å². The van der Waals surface area contributed by atoms with Crippen molar-refractivity contribution >= 4 is 17.7 Å². The van der Waals surface area contributed by atoms with Gasteiger partial charge in [-0.2, -0.15) is 5.26 Å². The zero-order chi connectivity index (χ0) is 20.7. The van der Waals surface area contributed by atoms with Crippen LogP contribution in [0.4, 0.5) is 0 Å². The highest BCUT2D eigenvalue weighted by Crippen LogP contribution is 2.31. The molecule has 1 heterocycles. The number of thioether (sulfide) groups is 1. The molecule has 7 nitrogen and oxygen atoms in total. The maximum atomic E-state index is 12.4. The van der Waals surface area contributed by atoms with Gasteiger partial charge in [-0.15, -0.1) is 16.8 Å². The number of rotatable bonds is 9. The number of allylic oxidation sites excluding steroid dienone is 1. The first kappa shape index (κ1) is 21.5. The maximum absolute atomic E-state index is 12.4. The molecule has 1 aromatic carbocycles. The third kappa shape index (κ3) is 4.73. The Balaban J connectivity index is 2.21. The summed E-state index contributed by atoms with van der Waals surface area (Å²) in [5.74, 6) is 1.23. The molecular formula is C20H25N5O2S. The molecule has 0 aliphatic carbocycles. The zero-order valence-corrected chi connectivity index (χ0v) is 17.4. The van der Waals surface area contributed by atoms with Crippen molar-refractivity contribution in [2.45, 2.75) is 38.0 Å². The lowest BCUT2D eigenvalue weighted by atomic mass is 9.90. The minimum absolute atomic E-state index is 0.00647. The molecule has 0 saturated heterocycles. The monoisotopic (exact) mass is 399 g/mol. The number of benzene rings is 1. The van der Waals surface area contributed by atoms with Crippen LogP contribution in [-0.4, -0.2) is 39.1 Å². The average Bonchev–Trinajstić information content (AvgIpc) is 3.08. The van der Waals surface area contributed by atoms with Crippen molar-refractivity contribution < 1.29 is 9.53 Å². The second kappa shape index (κ2) is 9.42. The first-order valence-electron chi connectivity index (χ1n) is 8.88. The van der Waals surface area contributed by atoms with E-state index in [0.717, 1.165) is 5.56 Å². The fraction of sp³-hybridized carbons (Fsp3) is 0.400. The molecule has 0 saturated carbocycles. The zero-order valence-electron chi connectivity index (χ0n) is 16.6. The molecule has 1 N–H and O–H groups in total. The van der Waals surface area contributed by atoms with Crippen molar-refractivity contribution in [3.63, 3.8) is 0 Å². The fourth-order valence-corrected chi connectivity index (χ4v) is 3.22. The Morgan fingerprint density at radius 2 is 2.18 bits per heavy atom. The van der Waals surface area contributed by atoms with E-state index in [1.807, 2.05) is 42.7 Å². The smallest absolute Gasteiger partial charge is 0.231 e. The van der Waals surface area contributed by atoms with Gasteiger partial charge >= 0.3 is 0 Å². The maximum Gasteiger partial charge on any atom is 0.231 e. The van der Waals surface area contributed by atoms with Crippen molar-refractivity contribution in [3.05, 3.63) is 36.9 Å². The Morgan fingerprint density at radius 3 is 2.79 bits per heavy atom. The molecule has 1 unspecified atom stereocenters. The summed E-state index contributed by atoms with van der Waals surface area (Å²) >= 11 is 1.27. The van der Waals surface area contributed by atoms with E-state index < -0.39 is 5.54 Å². The number of para-hydroxylation sites is 1. The minimum atomic E-state index is -0.908. The van der Waals surface area contributed by atoms with Crippen LogP contribution in [-0.2, 0) is 11.3 Å². The molecule has 1 aromatic heterocycles. The van der Waals surface area contributed by atoms with E-state index in [2.05, 4.69) is 28.2 Å². The SMILES string of the molecule is C=CCn1c(SCC(=O)NC(C)(C#N)C(C)C)nnc1-c1ccccc1OC. The summed E-state index contributed by atoms with van der Waals surface area (Å²) in [5.41, 5.74) is -0.0952. The number of methoxy groups -OCH3 is 1. The molecular weight excluding hydrogens is 374 g/mol. The van der Waals surface area contributed by atoms with Gasteiger partial charge < -0.3 is 10.1 Å². The largest absolute Gasteiger partial charge is 0.496 e. The predicted molar refractivity (Wildman–Crippen MR) is 110 cm³/mol. The molecule has 0 bridgehead atoms. The van der Waals surface area contributed by atoms with E-state index in [-0.39, 0.29) is 17.6 Å². The molecule has 0 fully saturated rings. The lowest BCUT2D eigenvalue weighted by Gasteiger charge is -2.27. The first-order chi connectivity index (χ1) is 13.4. The Hall–Kier alpha value is -2.79. The molecule has 2 aromatic rings. The highest BCUT2D eigenvalue weighted by Gasteiger charge is 2.30. The standard InChI is InChI=1S/C20H25N5O2S/c1-6-11-25-18(15-9-7-8-10-16(15)27-5)23-24-19(25)28-12-17(26)22-20(4,13-21)14(2)3/h6-10,14H,1,11-12H2,2-5H3,(H,22,26). The van der Waals surface area contributed by atoms with Crippen molar-refractivity contribution in [1.82, 2.24) is 20.1 Å². The van der Waals surface area contributed by atoms with Crippen LogP contribution in [0, 0.1) is 17.2 Å². The van der Waals surface area contributed by atoms with E-state index in [9.17, 15) is 10.1 Å². The fourth-order valence-electron chi connectivity index (χ4n) is 2.47. The van der Waals surface area contributed by atoms with Gasteiger partial charge in [-0.1, -0.05) is 43.8 Å². The average molecular weight is 400 g/mol. The van der Waals surface area contributed by atoms with Crippen molar-refractivity contribution in [1.29, 1.82) is 5.26 Å². The van der Waals surface area contributed by atoms with Gasteiger partial charge in [0.2, 0.25) is 5.91 Å². The van der Waals surface area contributed by atoms with Gasteiger partial charge in [-0.25, -0.2) is 0 Å². The van der Waals surface area contributed by atoms with Crippen LogP contribution in [0.1, 0.15) is 20.8 Å². The van der Waals surface area contributed by atoms with Gasteiger partial charge in [0, 0.05) is 6.54 Å². The summed E-state index contributed by atoms with van der Waals surface area (Å²) < 4.78 is 7.31. The summed E-state index contributed by atoms with van der Waals surface area (Å²) in [4.78, 5) is 12.4. The molecule has 1 atom stereocenters. The Kier molecular flexibility index (Phi) is 7.24. The third-order valence-electron chi connectivity index (χ3n) is 4.49. The number of nitriles is 1. The van der Waals surface area contributed by atoms with E-state index >= 15 is 0 Å². The minimum Gasteiger partial charge on any atom is -0.496 e. The number of nitrogens with zero attached hydrogens (tertiary/aromatic N) is 4. The topological polar surface area (TPSA) is 92.8 Å². The number of carbonyl (C=O) groups excluding carboxylic acids is 1. The summed E-state index contributed by atoms with van der Waals surface area (Å²) in [6.07, 6.45) is 1.75. The van der Waals surface area contributed by atoms with Crippen molar-refractivity contribution in [2.75, 3.05) is 12.9 Å². The lowest BCUT2D eigenvalue weighted by Crippen LogP contribution is -2.49. The van der Waals surface area contributed by atoms with Gasteiger partial charge in [0.15, 0.2) is 11.0 Å². The molecule has 28 heavy (non-hydrogen) atoms. The summed E-state index contributed by atoms with van der Waals surface area (Å²) in [5, 5.41) is 21.3. The number of nitrogens with one attached hydrogen (secondary N) is 1. The summed E-state index contributed by atoms with van der Waals surface area (Å²) in [6.45, 7) is 9.81. The number of aromatic nitrogens is 3. The van der Waals surface area contributed by atoms with E-state index in [1.54, 1.807) is 20.1 Å². The first-order valence-corrected chi connectivity index (χ1v) is 9.87. The van der Waals surface area contributed by atoms with Gasteiger partial charge in [-0.3, -0.25) is 9.36 Å². The second-order valence-corrected chi connectivity index (χ2v) is 7.65. The van der Waals surface area contributed by atoms with Crippen LogP contribution in [0.25, 0.3) is 11.4 Å². The molecule has 0 aliphatic rings. The lowest BCUT2D eigenvalue weighted by molar-refractivity contribution is -0.120. The van der Waals surface area contributed by atoms with Crippen LogP contribution in [0.2, 0.25) is 0 Å². The number of amides is 1. The van der Waals surface area contributed by atoms with E-state index in [1.165, 1.54) is 11.8 Å². The van der Waals surface area contributed by atoms with Gasteiger partial charge in [-0.05, 0) is 25.0 Å². The Bertz CT molecular complexity index is 887. The quantitative estimate of drug-likeness (QED) is 0.514. The third-order valence-corrected chi connectivity index (χ3v) is 5.46. The van der Waals surface area contributed by atoms with Crippen molar-refractivity contribution in [2.24, 2.45) is 5.92 Å². The van der Waals surface area contributed by atoms with Gasteiger partial charge in [0.25, 0.3) is 0 Å². The Labute approximate surface area is 169 Å². The highest BCUT2D eigenvalue weighted by molar-refractivity contribution is 7.99. The van der Waals surface area contributed by atoms with Crippen molar-refractivity contribution in [3.8, 4) is 23.2 Å². The molecule has 0 radical (unpaired) electrons. The van der Waals surface area contributed by atoms with Crippen LogP contribution in [0.5, 0.6) is 5.75 Å². The summed E-state index contributed by atoms with van der Waals surface area (Å²) in [6, 6.07) is 9.73. The molecule has 0 spiro atoms. The summed E-state index contributed by atoms with van der Waals surface area (Å²) in [7, 11) is 1.61. The van der Waals surface area contributed by atoms with Crippen LogP contribution >= 0.6 is 11.8 Å². The number of hydrogen-bond acceptors (Lipinski definition) is 6. The van der Waals surface area contributed by atoms with Crippen LogP contribution < -0.4 is 10.1 Å². The number of carbonyl (C=O) groups is 1. The number of ether oxygens (including phenoxy) is 1. The normalized spacial score (nSPS) is 12.9. The second-order valence-electron chi connectivity index (χ2n) is 6.71. The van der Waals surface area contributed by atoms with Crippen LogP contribution in [0.3, 0.4) is 0 Å². The molecule has 148 valence electrons. The molecule has 0 aliphatic heterocycles.